The van der Waals surface area contributed by atoms with Crippen molar-refractivity contribution in [3.05, 3.63) is 67.0 Å². The minimum atomic E-state index is -0.648. The third-order valence-electron chi connectivity index (χ3n) is 5.94. The number of nitrogens with zero attached hydrogens (tertiary/aromatic N) is 4. The van der Waals surface area contributed by atoms with Gasteiger partial charge < -0.3 is 22.2 Å². The summed E-state index contributed by atoms with van der Waals surface area (Å²) < 4.78 is 3.74. The minimum Gasteiger partial charge on any atom is -0.353 e. The highest BCUT2D eigenvalue weighted by Crippen LogP contribution is 2.35. The van der Waals surface area contributed by atoms with E-state index < -0.39 is 5.66 Å². The lowest BCUT2D eigenvalue weighted by molar-refractivity contribution is 0.239. The monoisotopic (exact) mass is 390 g/mol. The standard InChI is InChI=1S/C21H26N8/c22-16-4-2-15(3-5-16)21(23)14-19(20-24-11-13-29(20)27-21)26-17-6-8-18(9-7-17)28-12-1-10-25-28/h1,6-16,26-27H,2-5,22-23H2. The Bertz CT molecular complexity index is 996. The molecule has 6 N–H and O–H groups in total. The highest BCUT2D eigenvalue weighted by molar-refractivity contribution is 5.76. The van der Waals surface area contributed by atoms with Crippen LogP contribution in [0.1, 0.15) is 31.5 Å². The van der Waals surface area contributed by atoms with Gasteiger partial charge in [0.2, 0.25) is 0 Å². The van der Waals surface area contributed by atoms with E-state index in [1.165, 1.54) is 0 Å². The van der Waals surface area contributed by atoms with E-state index in [1.54, 1.807) is 12.4 Å². The zero-order valence-electron chi connectivity index (χ0n) is 16.2. The van der Waals surface area contributed by atoms with E-state index >= 15 is 0 Å². The topological polar surface area (TPSA) is 112 Å². The number of fused-ring (bicyclic) bond motifs is 1. The number of hydrogen-bond acceptors (Lipinski definition) is 6. The van der Waals surface area contributed by atoms with Gasteiger partial charge in [-0.25, -0.2) is 14.3 Å². The van der Waals surface area contributed by atoms with E-state index in [-0.39, 0.29) is 6.04 Å². The second-order valence-electron chi connectivity index (χ2n) is 7.96. The molecule has 150 valence electrons. The van der Waals surface area contributed by atoms with Crippen LogP contribution in [0.5, 0.6) is 0 Å². The van der Waals surface area contributed by atoms with Gasteiger partial charge in [-0.05, 0) is 62.1 Å². The molecule has 3 heterocycles. The van der Waals surface area contributed by atoms with Gasteiger partial charge in [-0.15, -0.1) is 0 Å². The molecule has 1 atom stereocenters. The molecule has 3 aromatic rings. The number of benzene rings is 1. The summed E-state index contributed by atoms with van der Waals surface area (Å²) in [7, 11) is 0. The number of nitrogens with one attached hydrogen (secondary N) is 2. The molecule has 1 aliphatic carbocycles. The van der Waals surface area contributed by atoms with Gasteiger partial charge in [0.15, 0.2) is 5.82 Å². The van der Waals surface area contributed by atoms with E-state index in [0.717, 1.165) is 48.6 Å². The summed E-state index contributed by atoms with van der Waals surface area (Å²) in [4.78, 5) is 4.50. The molecule has 2 aromatic heterocycles. The molecule has 8 heteroatoms. The molecule has 29 heavy (non-hydrogen) atoms. The van der Waals surface area contributed by atoms with Gasteiger partial charge in [-0.1, -0.05) is 0 Å². The predicted molar refractivity (Wildman–Crippen MR) is 114 cm³/mol. The Kier molecular flexibility index (Phi) is 4.37. The third kappa shape index (κ3) is 3.41. The summed E-state index contributed by atoms with van der Waals surface area (Å²) in [6, 6.07) is 10.3. The van der Waals surface area contributed by atoms with E-state index in [9.17, 15) is 0 Å². The maximum Gasteiger partial charge on any atom is 0.174 e. The summed E-state index contributed by atoms with van der Waals surface area (Å²) in [5.41, 5.74) is 18.6. The molecule has 1 unspecified atom stereocenters. The molecule has 0 spiro atoms. The van der Waals surface area contributed by atoms with E-state index in [2.05, 4.69) is 26.9 Å². The lowest BCUT2D eigenvalue weighted by Gasteiger charge is -2.42. The fourth-order valence-electron chi connectivity index (χ4n) is 4.31. The molecule has 2 aliphatic rings. The van der Waals surface area contributed by atoms with Crippen molar-refractivity contribution < 1.29 is 0 Å². The molecule has 1 aliphatic heterocycles. The molecule has 0 saturated heterocycles. The first-order valence-electron chi connectivity index (χ1n) is 10.1. The number of imidazole rings is 1. The number of rotatable bonds is 4. The number of anilines is 1. The number of nitrogens with two attached hydrogens (primary N) is 2. The van der Waals surface area contributed by atoms with Crippen LogP contribution in [-0.4, -0.2) is 31.1 Å². The molecular formula is C21H26N8. The lowest BCUT2D eigenvalue weighted by atomic mass is 9.78. The Balaban J connectivity index is 1.42. The van der Waals surface area contributed by atoms with E-state index in [0.29, 0.717) is 5.92 Å². The van der Waals surface area contributed by atoms with Crippen LogP contribution in [0.15, 0.2) is 61.2 Å². The number of aromatic nitrogens is 4. The quantitative estimate of drug-likeness (QED) is 0.544. The Hall–Kier alpha value is -3.10. The number of hydrogen-bond donors (Lipinski definition) is 4. The first-order valence-corrected chi connectivity index (χ1v) is 10.1. The summed E-state index contributed by atoms with van der Waals surface area (Å²) in [6.07, 6.45) is 13.5. The Labute approximate surface area is 169 Å². The van der Waals surface area contributed by atoms with Crippen molar-refractivity contribution in [2.75, 3.05) is 10.7 Å². The van der Waals surface area contributed by atoms with Gasteiger partial charge in [-0.2, -0.15) is 5.10 Å². The van der Waals surface area contributed by atoms with Crippen molar-refractivity contribution in [2.45, 2.75) is 37.4 Å². The largest absolute Gasteiger partial charge is 0.353 e. The van der Waals surface area contributed by atoms with Crippen LogP contribution in [0.25, 0.3) is 11.4 Å². The lowest BCUT2D eigenvalue weighted by Crippen LogP contribution is -2.58. The molecular weight excluding hydrogens is 364 g/mol. The maximum atomic E-state index is 6.86. The Morgan fingerprint density at radius 1 is 1.07 bits per heavy atom. The van der Waals surface area contributed by atoms with Crippen LogP contribution in [-0.2, 0) is 0 Å². The first kappa shape index (κ1) is 18.0. The van der Waals surface area contributed by atoms with Crippen LogP contribution < -0.4 is 22.2 Å². The Morgan fingerprint density at radius 2 is 1.86 bits per heavy atom. The highest BCUT2D eigenvalue weighted by Gasteiger charge is 2.39. The molecule has 0 amide bonds. The predicted octanol–water partition coefficient (Wildman–Crippen LogP) is 2.25. The van der Waals surface area contributed by atoms with Gasteiger partial charge in [0, 0.05) is 42.4 Å². The van der Waals surface area contributed by atoms with Gasteiger partial charge >= 0.3 is 0 Å². The fraction of sp³-hybridized carbons (Fsp3) is 0.333. The summed E-state index contributed by atoms with van der Waals surface area (Å²) >= 11 is 0. The van der Waals surface area contributed by atoms with E-state index in [4.69, 9.17) is 11.5 Å². The van der Waals surface area contributed by atoms with Crippen molar-refractivity contribution >= 4 is 11.4 Å². The van der Waals surface area contributed by atoms with Crippen molar-refractivity contribution in [2.24, 2.45) is 17.4 Å². The maximum absolute atomic E-state index is 6.86. The second kappa shape index (κ2) is 7.06. The normalized spacial score (nSPS) is 26.3. The van der Waals surface area contributed by atoms with Gasteiger partial charge in [0.05, 0.1) is 11.4 Å². The van der Waals surface area contributed by atoms with Crippen LogP contribution in [0.4, 0.5) is 5.69 Å². The summed E-state index contributed by atoms with van der Waals surface area (Å²) in [5, 5.41) is 7.77. The molecule has 8 nitrogen and oxygen atoms in total. The highest BCUT2D eigenvalue weighted by atomic mass is 15.5. The van der Waals surface area contributed by atoms with Crippen LogP contribution >= 0.6 is 0 Å². The zero-order valence-corrected chi connectivity index (χ0v) is 16.2. The van der Waals surface area contributed by atoms with E-state index in [1.807, 2.05) is 52.1 Å². The summed E-state index contributed by atoms with van der Waals surface area (Å²) in [6.45, 7) is 0. The fourth-order valence-corrected chi connectivity index (χ4v) is 4.31. The smallest absolute Gasteiger partial charge is 0.174 e. The third-order valence-corrected chi connectivity index (χ3v) is 5.94. The average Bonchev–Trinajstić information content (AvgIpc) is 3.41. The minimum absolute atomic E-state index is 0.289. The van der Waals surface area contributed by atoms with Crippen LogP contribution in [0, 0.1) is 5.92 Å². The van der Waals surface area contributed by atoms with Gasteiger partial charge in [-0.3, -0.25) is 0 Å². The van der Waals surface area contributed by atoms with Crippen molar-refractivity contribution in [1.29, 1.82) is 0 Å². The zero-order chi connectivity index (χ0) is 19.8. The van der Waals surface area contributed by atoms with Crippen LogP contribution in [0.3, 0.4) is 0 Å². The second-order valence-corrected chi connectivity index (χ2v) is 7.96. The molecule has 0 bridgehead atoms. The van der Waals surface area contributed by atoms with Crippen molar-refractivity contribution in [1.82, 2.24) is 19.4 Å². The molecule has 0 radical (unpaired) electrons. The Morgan fingerprint density at radius 3 is 2.59 bits per heavy atom. The summed E-state index contributed by atoms with van der Waals surface area (Å²) in [5.74, 6) is 1.13. The first-order chi connectivity index (χ1) is 14.1. The molecule has 1 fully saturated rings. The van der Waals surface area contributed by atoms with Crippen LogP contribution in [0.2, 0.25) is 0 Å². The average molecular weight is 390 g/mol. The van der Waals surface area contributed by atoms with Crippen molar-refractivity contribution in [3.8, 4) is 5.69 Å². The van der Waals surface area contributed by atoms with Crippen molar-refractivity contribution in [3.63, 3.8) is 0 Å². The van der Waals surface area contributed by atoms with Gasteiger partial charge in [0.25, 0.3) is 0 Å². The molecule has 1 aromatic carbocycles. The molecule has 1 saturated carbocycles. The SMILES string of the molecule is NC1CCC(C2(N)C=C(Nc3ccc(-n4cccn4)cc3)c3nccn3N2)CC1. The van der Waals surface area contributed by atoms with Gasteiger partial charge in [0.1, 0.15) is 5.66 Å². The molecule has 5 rings (SSSR count).